The van der Waals surface area contributed by atoms with Crippen molar-refractivity contribution in [2.45, 2.75) is 38.4 Å². The molecule has 0 saturated heterocycles. The summed E-state index contributed by atoms with van der Waals surface area (Å²) in [6.07, 6.45) is 3.00. The molecule has 1 aromatic heterocycles. The fourth-order valence-electron chi connectivity index (χ4n) is 3.06. The van der Waals surface area contributed by atoms with Crippen molar-refractivity contribution in [1.29, 1.82) is 0 Å². The molecule has 0 spiro atoms. The van der Waals surface area contributed by atoms with Gasteiger partial charge in [0.2, 0.25) is 0 Å². The number of aliphatic hydroxyl groups is 1. The van der Waals surface area contributed by atoms with Gasteiger partial charge in [0.15, 0.2) is 11.6 Å². The Balaban J connectivity index is 1.81. The Bertz CT molecular complexity index is 911. The van der Waals surface area contributed by atoms with E-state index in [0.29, 0.717) is 28.3 Å². The van der Waals surface area contributed by atoms with Gasteiger partial charge in [-0.15, -0.1) is 0 Å². The molecular weight excluding hydrogens is 390 g/mol. The lowest BCUT2D eigenvalue weighted by Crippen LogP contribution is -2.08. The number of aromatic nitrogens is 1. The molecule has 1 aromatic carbocycles. The summed E-state index contributed by atoms with van der Waals surface area (Å²) in [5.41, 5.74) is 6.89. The van der Waals surface area contributed by atoms with Crippen molar-refractivity contribution in [2.24, 2.45) is 5.92 Å². The molecule has 1 aliphatic carbocycles. The molecule has 142 valence electrons. The van der Waals surface area contributed by atoms with Gasteiger partial charge in [0.05, 0.1) is 11.1 Å². The van der Waals surface area contributed by atoms with Crippen LogP contribution >= 0.6 is 23.2 Å². The average Bonchev–Trinajstić information content (AvgIpc) is 3.04. The van der Waals surface area contributed by atoms with Gasteiger partial charge in [-0.05, 0) is 38.3 Å². The molecule has 1 fully saturated rings. The number of rotatable bonds is 3. The third-order valence-electron chi connectivity index (χ3n) is 4.50. The molecule has 27 heavy (non-hydrogen) atoms. The first-order valence-electron chi connectivity index (χ1n) is 8.60. The summed E-state index contributed by atoms with van der Waals surface area (Å²) >= 11 is 12.2. The minimum atomic E-state index is -0.641. The standard InChI is InChI=1S/C20H19Cl2FN2O2/c1-11(18-15(21)6-7-16(23)19(18)22)27-17-9-13(10-25-20(17)24)3-2-12-4-5-14(26)8-12/h6-7,9-12,14,26H,4-5,8H2,1H3,(H2,24,25). The van der Waals surface area contributed by atoms with Crippen molar-refractivity contribution in [3.05, 3.63) is 51.4 Å². The van der Waals surface area contributed by atoms with E-state index in [1.807, 2.05) is 0 Å². The van der Waals surface area contributed by atoms with Crippen LogP contribution in [0.2, 0.25) is 10.0 Å². The Morgan fingerprint density at radius 1 is 1.37 bits per heavy atom. The highest BCUT2D eigenvalue weighted by Crippen LogP contribution is 2.36. The third-order valence-corrected chi connectivity index (χ3v) is 5.21. The molecule has 1 saturated carbocycles. The summed E-state index contributed by atoms with van der Waals surface area (Å²) < 4.78 is 19.6. The number of nitrogens with two attached hydrogens (primary N) is 1. The Hall–Kier alpha value is -2.00. The lowest BCUT2D eigenvalue weighted by molar-refractivity contribution is 0.180. The van der Waals surface area contributed by atoms with Crippen LogP contribution in [-0.2, 0) is 0 Å². The van der Waals surface area contributed by atoms with Gasteiger partial charge in [0, 0.05) is 34.3 Å². The quantitative estimate of drug-likeness (QED) is 0.567. The van der Waals surface area contributed by atoms with Gasteiger partial charge in [-0.2, -0.15) is 0 Å². The lowest BCUT2D eigenvalue weighted by Gasteiger charge is -2.18. The molecule has 0 aliphatic heterocycles. The van der Waals surface area contributed by atoms with Gasteiger partial charge in [-0.3, -0.25) is 0 Å². The lowest BCUT2D eigenvalue weighted by atomic mass is 10.1. The van der Waals surface area contributed by atoms with Crippen LogP contribution in [0.4, 0.5) is 10.2 Å². The van der Waals surface area contributed by atoms with Crippen LogP contribution in [0.5, 0.6) is 5.75 Å². The molecule has 3 rings (SSSR count). The van der Waals surface area contributed by atoms with E-state index < -0.39 is 11.9 Å². The molecular formula is C20H19Cl2FN2O2. The van der Waals surface area contributed by atoms with Crippen molar-refractivity contribution in [3.8, 4) is 17.6 Å². The predicted molar refractivity (Wildman–Crippen MR) is 104 cm³/mol. The number of halogens is 3. The first kappa shape index (κ1) is 19.8. The Morgan fingerprint density at radius 2 is 2.15 bits per heavy atom. The van der Waals surface area contributed by atoms with E-state index in [1.54, 1.807) is 19.2 Å². The second-order valence-corrected chi connectivity index (χ2v) is 7.34. The van der Waals surface area contributed by atoms with Gasteiger partial charge < -0.3 is 15.6 Å². The molecule has 3 atom stereocenters. The van der Waals surface area contributed by atoms with Crippen LogP contribution in [0.25, 0.3) is 0 Å². The number of aliphatic hydroxyl groups excluding tert-OH is 1. The number of nitrogens with zero attached hydrogens (tertiary/aromatic N) is 1. The molecule has 3 unspecified atom stereocenters. The van der Waals surface area contributed by atoms with Gasteiger partial charge in [0.1, 0.15) is 11.9 Å². The Morgan fingerprint density at radius 3 is 2.85 bits per heavy atom. The maximum Gasteiger partial charge on any atom is 0.166 e. The van der Waals surface area contributed by atoms with Crippen molar-refractivity contribution in [1.82, 2.24) is 4.98 Å². The van der Waals surface area contributed by atoms with Gasteiger partial charge in [-0.25, -0.2) is 9.37 Å². The fraction of sp³-hybridized carbons (Fsp3) is 0.350. The Kier molecular flexibility index (Phi) is 6.11. The fourth-order valence-corrected chi connectivity index (χ4v) is 3.73. The van der Waals surface area contributed by atoms with Gasteiger partial charge >= 0.3 is 0 Å². The van der Waals surface area contributed by atoms with Crippen molar-refractivity contribution < 1.29 is 14.2 Å². The van der Waals surface area contributed by atoms with Gasteiger partial charge in [-0.1, -0.05) is 35.0 Å². The molecule has 1 heterocycles. The minimum Gasteiger partial charge on any atom is -0.482 e. The first-order chi connectivity index (χ1) is 12.8. The second-order valence-electron chi connectivity index (χ2n) is 6.56. The number of ether oxygens (including phenoxy) is 1. The highest BCUT2D eigenvalue weighted by molar-refractivity contribution is 6.36. The SMILES string of the molecule is CC(Oc1cc(C#CC2CCC(O)C2)cnc1N)c1c(Cl)ccc(F)c1Cl. The van der Waals surface area contributed by atoms with Crippen LogP contribution in [-0.4, -0.2) is 16.2 Å². The molecule has 7 heteroatoms. The summed E-state index contributed by atoms with van der Waals surface area (Å²) in [5, 5.41) is 9.80. The summed E-state index contributed by atoms with van der Waals surface area (Å²) in [6.45, 7) is 1.70. The monoisotopic (exact) mass is 408 g/mol. The first-order valence-corrected chi connectivity index (χ1v) is 9.36. The van der Waals surface area contributed by atoms with Crippen LogP contribution < -0.4 is 10.5 Å². The van der Waals surface area contributed by atoms with Gasteiger partial charge in [0.25, 0.3) is 0 Å². The van der Waals surface area contributed by atoms with E-state index >= 15 is 0 Å². The van der Waals surface area contributed by atoms with E-state index in [2.05, 4.69) is 16.8 Å². The Labute approximate surface area is 167 Å². The summed E-state index contributed by atoms with van der Waals surface area (Å²) in [7, 11) is 0. The van der Waals surface area contributed by atoms with E-state index in [9.17, 15) is 9.50 Å². The zero-order valence-corrected chi connectivity index (χ0v) is 16.2. The highest BCUT2D eigenvalue weighted by atomic mass is 35.5. The third kappa shape index (κ3) is 4.65. The van der Waals surface area contributed by atoms with Crippen LogP contribution in [0.3, 0.4) is 0 Å². The van der Waals surface area contributed by atoms with E-state index in [1.165, 1.54) is 12.1 Å². The van der Waals surface area contributed by atoms with E-state index in [-0.39, 0.29) is 22.9 Å². The van der Waals surface area contributed by atoms with E-state index in [0.717, 1.165) is 12.8 Å². The van der Waals surface area contributed by atoms with Crippen LogP contribution in [0.1, 0.15) is 43.4 Å². The van der Waals surface area contributed by atoms with Crippen LogP contribution in [0, 0.1) is 23.6 Å². The number of hydrogen-bond acceptors (Lipinski definition) is 4. The minimum absolute atomic E-state index is 0.0859. The van der Waals surface area contributed by atoms with Crippen LogP contribution in [0.15, 0.2) is 24.4 Å². The highest BCUT2D eigenvalue weighted by Gasteiger charge is 2.21. The normalized spacial score (nSPS) is 20.0. The summed E-state index contributed by atoms with van der Waals surface area (Å²) in [5.74, 6) is 6.30. The predicted octanol–water partition coefficient (Wildman–Crippen LogP) is 4.76. The topological polar surface area (TPSA) is 68.4 Å². The summed E-state index contributed by atoms with van der Waals surface area (Å²) in [4.78, 5) is 4.11. The van der Waals surface area contributed by atoms with Crippen molar-refractivity contribution in [2.75, 3.05) is 5.73 Å². The zero-order chi connectivity index (χ0) is 19.6. The number of anilines is 1. The number of pyridine rings is 1. The maximum absolute atomic E-state index is 13.8. The molecule has 0 amide bonds. The maximum atomic E-state index is 13.8. The van der Waals surface area contributed by atoms with Crippen molar-refractivity contribution >= 4 is 29.0 Å². The molecule has 2 aromatic rings. The average molecular weight is 409 g/mol. The van der Waals surface area contributed by atoms with E-state index in [4.69, 9.17) is 33.7 Å². The van der Waals surface area contributed by atoms with Crippen molar-refractivity contribution in [3.63, 3.8) is 0 Å². The molecule has 0 bridgehead atoms. The largest absolute Gasteiger partial charge is 0.482 e. The number of hydrogen-bond donors (Lipinski definition) is 2. The molecule has 0 radical (unpaired) electrons. The summed E-state index contributed by atoms with van der Waals surface area (Å²) in [6, 6.07) is 4.31. The molecule has 1 aliphatic rings. The molecule has 3 N–H and O–H groups in total. The second kappa shape index (κ2) is 8.35. The molecule has 4 nitrogen and oxygen atoms in total. The zero-order valence-electron chi connectivity index (χ0n) is 14.7. The smallest absolute Gasteiger partial charge is 0.166 e. The number of benzene rings is 1. The number of nitrogen functional groups attached to an aromatic ring is 1.